The van der Waals surface area contributed by atoms with E-state index in [-0.39, 0.29) is 11.9 Å². The minimum atomic E-state index is -0.598. The molecule has 0 radical (unpaired) electrons. The first-order valence-corrected chi connectivity index (χ1v) is 9.62. The van der Waals surface area contributed by atoms with Crippen molar-refractivity contribution in [2.45, 2.75) is 39.3 Å². The molecular formula is C24H27NO3. The number of rotatable bonds is 7. The Labute approximate surface area is 166 Å². The lowest BCUT2D eigenvalue weighted by atomic mass is 10.0. The lowest BCUT2D eigenvalue weighted by Gasteiger charge is -2.22. The van der Waals surface area contributed by atoms with E-state index in [4.69, 9.17) is 9.47 Å². The van der Waals surface area contributed by atoms with Gasteiger partial charge in [0.15, 0.2) is 6.10 Å². The molecule has 1 amide bonds. The van der Waals surface area contributed by atoms with E-state index in [1.807, 2.05) is 61.5 Å². The average molecular weight is 377 g/mol. The molecule has 0 unspecified atom stereocenters. The van der Waals surface area contributed by atoms with Gasteiger partial charge in [0.25, 0.3) is 5.91 Å². The second-order valence-corrected chi connectivity index (χ2v) is 6.94. The van der Waals surface area contributed by atoms with Crippen LogP contribution in [0.5, 0.6) is 11.5 Å². The number of fused-ring (bicyclic) bond motifs is 1. The summed E-state index contributed by atoms with van der Waals surface area (Å²) in [5, 5.41) is 5.20. The second kappa shape index (κ2) is 8.79. The minimum Gasteiger partial charge on any atom is -0.496 e. The first kappa shape index (κ1) is 19.7. The van der Waals surface area contributed by atoms with E-state index >= 15 is 0 Å². The first-order chi connectivity index (χ1) is 13.5. The van der Waals surface area contributed by atoms with Crippen LogP contribution in [0.4, 0.5) is 0 Å². The highest BCUT2D eigenvalue weighted by Gasteiger charge is 2.20. The van der Waals surface area contributed by atoms with Crippen LogP contribution < -0.4 is 14.8 Å². The number of benzene rings is 3. The summed E-state index contributed by atoms with van der Waals surface area (Å²) < 4.78 is 11.3. The SMILES string of the molecule is CC[C@H](NC(=O)[C@H](C)Oc1cccc2ccccc12)c1ccc(OC)c(C)c1. The number of aryl methyl sites for hydroxylation is 1. The van der Waals surface area contributed by atoms with Crippen LogP contribution in [-0.2, 0) is 4.79 Å². The lowest BCUT2D eigenvalue weighted by molar-refractivity contribution is -0.128. The van der Waals surface area contributed by atoms with Gasteiger partial charge < -0.3 is 14.8 Å². The van der Waals surface area contributed by atoms with Gasteiger partial charge in [-0.1, -0.05) is 55.5 Å². The lowest BCUT2D eigenvalue weighted by Crippen LogP contribution is -2.38. The zero-order valence-corrected chi connectivity index (χ0v) is 16.9. The van der Waals surface area contributed by atoms with Gasteiger partial charge in [0.1, 0.15) is 11.5 Å². The molecule has 0 aliphatic heterocycles. The number of ether oxygens (including phenoxy) is 2. The molecule has 4 nitrogen and oxygen atoms in total. The Morgan fingerprint density at radius 1 is 1.04 bits per heavy atom. The zero-order valence-electron chi connectivity index (χ0n) is 16.9. The van der Waals surface area contributed by atoms with Gasteiger partial charge in [-0.25, -0.2) is 0 Å². The fourth-order valence-corrected chi connectivity index (χ4v) is 3.37. The molecule has 3 rings (SSSR count). The van der Waals surface area contributed by atoms with Crippen LogP contribution in [0.1, 0.15) is 37.4 Å². The fourth-order valence-electron chi connectivity index (χ4n) is 3.37. The van der Waals surface area contributed by atoms with Crippen LogP contribution in [0, 0.1) is 6.92 Å². The highest BCUT2D eigenvalue weighted by atomic mass is 16.5. The molecule has 0 fully saturated rings. The summed E-state index contributed by atoms with van der Waals surface area (Å²) in [7, 11) is 1.66. The summed E-state index contributed by atoms with van der Waals surface area (Å²) in [6.45, 7) is 5.84. The quantitative estimate of drug-likeness (QED) is 0.616. The maximum absolute atomic E-state index is 12.8. The molecule has 0 saturated heterocycles. The number of hydrogen-bond acceptors (Lipinski definition) is 3. The molecule has 0 spiro atoms. The van der Waals surface area contributed by atoms with Crippen molar-refractivity contribution in [1.82, 2.24) is 5.32 Å². The maximum atomic E-state index is 12.8. The van der Waals surface area contributed by atoms with E-state index in [2.05, 4.69) is 18.3 Å². The standard InChI is InChI=1S/C24H27NO3/c1-5-21(19-13-14-22(27-4)16(2)15-19)25-24(26)17(3)28-23-12-8-10-18-9-6-7-11-20(18)23/h6-15,17,21H,5H2,1-4H3,(H,25,26)/t17-,21-/m0/s1. The normalized spacial score (nSPS) is 13.0. The Kier molecular flexibility index (Phi) is 6.19. The molecule has 3 aromatic rings. The molecule has 0 aliphatic rings. The molecule has 0 saturated carbocycles. The second-order valence-electron chi connectivity index (χ2n) is 6.94. The van der Waals surface area contributed by atoms with Crippen molar-refractivity contribution in [3.8, 4) is 11.5 Å². The molecule has 0 aliphatic carbocycles. The Hall–Kier alpha value is -3.01. The van der Waals surface area contributed by atoms with Crippen LogP contribution in [0.15, 0.2) is 60.7 Å². The Morgan fingerprint density at radius 3 is 2.50 bits per heavy atom. The predicted molar refractivity (Wildman–Crippen MR) is 113 cm³/mol. The Morgan fingerprint density at radius 2 is 1.79 bits per heavy atom. The predicted octanol–water partition coefficient (Wildman–Crippen LogP) is 5.19. The summed E-state index contributed by atoms with van der Waals surface area (Å²) in [4.78, 5) is 12.8. The largest absolute Gasteiger partial charge is 0.496 e. The fraction of sp³-hybridized carbons (Fsp3) is 0.292. The van der Waals surface area contributed by atoms with Crippen molar-refractivity contribution in [3.63, 3.8) is 0 Å². The zero-order chi connectivity index (χ0) is 20.1. The highest BCUT2D eigenvalue weighted by molar-refractivity contribution is 5.89. The van der Waals surface area contributed by atoms with Crippen LogP contribution in [0.3, 0.4) is 0 Å². The molecule has 28 heavy (non-hydrogen) atoms. The van der Waals surface area contributed by atoms with Gasteiger partial charge in [-0.2, -0.15) is 0 Å². The first-order valence-electron chi connectivity index (χ1n) is 9.62. The van der Waals surface area contributed by atoms with Crippen molar-refractivity contribution in [1.29, 1.82) is 0 Å². The number of carbonyl (C=O) groups is 1. The molecule has 4 heteroatoms. The molecule has 146 valence electrons. The maximum Gasteiger partial charge on any atom is 0.261 e. The van der Waals surface area contributed by atoms with Crippen LogP contribution in [0.25, 0.3) is 10.8 Å². The van der Waals surface area contributed by atoms with E-state index in [0.29, 0.717) is 5.75 Å². The molecule has 1 N–H and O–H groups in total. The number of amides is 1. The van der Waals surface area contributed by atoms with Crippen molar-refractivity contribution in [2.75, 3.05) is 7.11 Å². The van der Waals surface area contributed by atoms with E-state index in [9.17, 15) is 4.79 Å². The molecule has 2 atom stereocenters. The van der Waals surface area contributed by atoms with Gasteiger partial charge in [-0.3, -0.25) is 4.79 Å². The van der Waals surface area contributed by atoms with Crippen molar-refractivity contribution >= 4 is 16.7 Å². The summed E-state index contributed by atoms with van der Waals surface area (Å²) in [5.41, 5.74) is 2.11. The summed E-state index contributed by atoms with van der Waals surface area (Å²) in [6, 6.07) is 19.8. The van der Waals surface area contributed by atoms with Gasteiger partial charge in [-0.15, -0.1) is 0 Å². The number of methoxy groups -OCH3 is 1. The van der Waals surface area contributed by atoms with Gasteiger partial charge in [0, 0.05) is 5.39 Å². The van der Waals surface area contributed by atoms with Gasteiger partial charge in [0.05, 0.1) is 13.2 Å². The molecular weight excluding hydrogens is 350 g/mol. The van der Waals surface area contributed by atoms with Crippen molar-refractivity contribution in [3.05, 3.63) is 71.8 Å². The molecule has 3 aromatic carbocycles. The van der Waals surface area contributed by atoms with E-state index < -0.39 is 6.10 Å². The average Bonchev–Trinajstić information content (AvgIpc) is 2.72. The summed E-state index contributed by atoms with van der Waals surface area (Å²) >= 11 is 0. The number of hydrogen-bond donors (Lipinski definition) is 1. The Bertz CT molecular complexity index is 962. The van der Waals surface area contributed by atoms with Gasteiger partial charge in [0.2, 0.25) is 0 Å². The van der Waals surface area contributed by atoms with E-state index in [1.165, 1.54) is 0 Å². The van der Waals surface area contributed by atoms with E-state index in [0.717, 1.165) is 34.1 Å². The smallest absolute Gasteiger partial charge is 0.261 e. The highest BCUT2D eigenvalue weighted by Crippen LogP contribution is 2.27. The van der Waals surface area contributed by atoms with Crippen molar-refractivity contribution in [2.24, 2.45) is 0 Å². The monoisotopic (exact) mass is 377 g/mol. The van der Waals surface area contributed by atoms with Crippen LogP contribution in [-0.4, -0.2) is 19.1 Å². The molecule has 0 heterocycles. The third kappa shape index (κ3) is 4.28. The minimum absolute atomic E-state index is 0.0735. The van der Waals surface area contributed by atoms with Gasteiger partial charge in [-0.05, 0) is 48.9 Å². The van der Waals surface area contributed by atoms with Crippen molar-refractivity contribution < 1.29 is 14.3 Å². The van der Waals surface area contributed by atoms with Gasteiger partial charge >= 0.3 is 0 Å². The summed E-state index contributed by atoms with van der Waals surface area (Å²) in [5.74, 6) is 1.43. The van der Waals surface area contributed by atoms with Crippen LogP contribution >= 0.6 is 0 Å². The van der Waals surface area contributed by atoms with Crippen LogP contribution in [0.2, 0.25) is 0 Å². The Balaban J connectivity index is 1.72. The third-order valence-corrected chi connectivity index (χ3v) is 4.97. The molecule has 0 bridgehead atoms. The molecule has 0 aromatic heterocycles. The van der Waals surface area contributed by atoms with E-state index in [1.54, 1.807) is 14.0 Å². The summed E-state index contributed by atoms with van der Waals surface area (Å²) in [6.07, 6.45) is 0.192. The topological polar surface area (TPSA) is 47.6 Å². The number of carbonyl (C=O) groups excluding carboxylic acids is 1. The number of nitrogens with one attached hydrogen (secondary N) is 1. The third-order valence-electron chi connectivity index (χ3n) is 4.97.